The van der Waals surface area contributed by atoms with Crippen LogP contribution in [0.25, 0.3) is 0 Å². The molecule has 0 aliphatic carbocycles. The van der Waals surface area contributed by atoms with Crippen molar-refractivity contribution in [2.24, 2.45) is 11.6 Å². The van der Waals surface area contributed by atoms with Gasteiger partial charge >= 0.3 is 0 Å². The topological polar surface area (TPSA) is 98.7 Å². The molecule has 4 N–H and O–H groups in total. The van der Waals surface area contributed by atoms with Gasteiger partial charge in [-0.15, -0.1) is 0 Å². The number of nitrogens with two attached hydrogens (primary N) is 2. The predicted molar refractivity (Wildman–Crippen MR) is 39.5 cm³/mol. The molecule has 68 valence electrons. The van der Waals surface area contributed by atoms with Gasteiger partial charge in [0.25, 0.3) is 5.91 Å². The summed E-state index contributed by atoms with van der Waals surface area (Å²) in [6.45, 7) is 0.703. The highest BCUT2D eigenvalue weighted by molar-refractivity contribution is 5.86. The Hall–Kier alpha value is -1.14. The molecule has 1 unspecified atom stereocenters. The first-order chi connectivity index (χ1) is 5.61. The van der Waals surface area contributed by atoms with Crippen molar-refractivity contribution in [2.45, 2.75) is 12.5 Å². The van der Waals surface area contributed by atoms with Crippen LogP contribution in [0, 0.1) is 0 Å². The molecule has 1 saturated heterocycles. The maximum atomic E-state index is 11.1. The quantitative estimate of drug-likeness (QED) is 0.371. The molecule has 2 amide bonds. The van der Waals surface area contributed by atoms with E-state index in [0.717, 1.165) is 5.01 Å². The van der Waals surface area contributed by atoms with Crippen molar-refractivity contribution in [1.29, 1.82) is 0 Å². The van der Waals surface area contributed by atoms with Crippen molar-refractivity contribution in [3.8, 4) is 0 Å². The van der Waals surface area contributed by atoms with Crippen molar-refractivity contribution in [3.63, 3.8) is 0 Å². The minimum absolute atomic E-state index is 0.105. The zero-order valence-electron chi connectivity index (χ0n) is 6.53. The molecule has 0 aromatic heterocycles. The fraction of sp³-hybridized carbons (Fsp3) is 0.667. The van der Waals surface area contributed by atoms with Gasteiger partial charge in [-0.25, -0.2) is 5.84 Å². The molecule has 0 aromatic carbocycles. The zero-order chi connectivity index (χ0) is 9.14. The van der Waals surface area contributed by atoms with Gasteiger partial charge in [0.2, 0.25) is 5.91 Å². The van der Waals surface area contributed by atoms with E-state index in [1.807, 2.05) is 0 Å². The first kappa shape index (κ1) is 8.95. The lowest BCUT2D eigenvalue weighted by Gasteiger charge is -2.27. The van der Waals surface area contributed by atoms with Crippen LogP contribution in [0.3, 0.4) is 0 Å². The minimum Gasteiger partial charge on any atom is -0.370 e. The Balaban J connectivity index is 2.52. The number of carbonyl (C=O) groups is 2. The van der Waals surface area contributed by atoms with E-state index < -0.39 is 12.0 Å². The molecule has 6 nitrogen and oxygen atoms in total. The van der Waals surface area contributed by atoms with Gasteiger partial charge < -0.3 is 10.5 Å². The fourth-order valence-electron chi connectivity index (χ4n) is 0.989. The summed E-state index contributed by atoms with van der Waals surface area (Å²) >= 11 is 0. The van der Waals surface area contributed by atoms with Crippen LogP contribution in [-0.2, 0) is 14.3 Å². The predicted octanol–water partition coefficient (Wildman–Crippen LogP) is -2.04. The standard InChI is InChI=1S/C6H11N3O3/c7-5(10)3-4-6(11)9(8)1-2-12-4/h4H,1-3,8H2,(H2,7,10). The van der Waals surface area contributed by atoms with Crippen LogP contribution in [0.15, 0.2) is 0 Å². The van der Waals surface area contributed by atoms with Crippen LogP contribution >= 0.6 is 0 Å². The van der Waals surface area contributed by atoms with E-state index in [-0.39, 0.29) is 12.3 Å². The Bertz CT molecular complexity index is 206. The monoisotopic (exact) mass is 173 g/mol. The summed E-state index contributed by atoms with van der Waals surface area (Å²) in [5.41, 5.74) is 4.90. The molecule has 6 heteroatoms. The largest absolute Gasteiger partial charge is 0.370 e. The van der Waals surface area contributed by atoms with E-state index in [2.05, 4.69) is 0 Å². The number of hydrogen-bond donors (Lipinski definition) is 2. The van der Waals surface area contributed by atoms with Crippen LogP contribution in [0.1, 0.15) is 6.42 Å². The maximum Gasteiger partial charge on any atom is 0.266 e. The number of rotatable bonds is 2. The number of primary amides is 1. The lowest BCUT2D eigenvalue weighted by atomic mass is 10.2. The molecule has 1 heterocycles. The van der Waals surface area contributed by atoms with E-state index in [9.17, 15) is 9.59 Å². The van der Waals surface area contributed by atoms with Crippen molar-refractivity contribution in [2.75, 3.05) is 13.2 Å². The molecule has 0 saturated carbocycles. The van der Waals surface area contributed by atoms with Crippen molar-refractivity contribution < 1.29 is 14.3 Å². The summed E-state index contributed by atoms with van der Waals surface area (Å²) < 4.78 is 5.00. The second kappa shape index (κ2) is 3.51. The summed E-state index contributed by atoms with van der Waals surface area (Å²) in [4.78, 5) is 21.6. The molecule has 0 radical (unpaired) electrons. The van der Waals surface area contributed by atoms with E-state index >= 15 is 0 Å². The molecule has 0 aromatic rings. The third kappa shape index (κ3) is 1.93. The average Bonchev–Trinajstić information content (AvgIpc) is 1.98. The van der Waals surface area contributed by atoms with Gasteiger partial charge in [-0.3, -0.25) is 14.6 Å². The molecule has 1 rings (SSSR count). The first-order valence-corrected chi connectivity index (χ1v) is 3.57. The molecule has 1 fully saturated rings. The Morgan fingerprint density at radius 2 is 2.42 bits per heavy atom. The SMILES string of the molecule is NC(=O)CC1OCCN(N)C1=O. The van der Waals surface area contributed by atoms with Crippen molar-refractivity contribution >= 4 is 11.8 Å². The molecule has 0 spiro atoms. The number of morpholine rings is 1. The summed E-state index contributed by atoms with van der Waals surface area (Å²) in [5.74, 6) is 4.34. The number of carbonyl (C=O) groups excluding carboxylic acids is 2. The molecular formula is C6H11N3O3. The van der Waals surface area contributed by atoms with Crippen LogP contribution in [0.2, 0.25) is 0 Å². The molecule has 0 bridgehead atoms. The highest BCUT2D eigenvalue weighted by Crippen LogP contribution is 2.06. The summed E-state index contributed by atoms with van der Waals surface area (Å²) in [6, 6.07) is 0. The fourth-order valence-corrected chi connectivity index (χ4v) is 0.989. The number of nitrogens with zero attached hydrogens (tertiary/aromatic N) is 1. The Morgan fingerprint density at radius 3 is 3.00 bits per heavy atom. The third-order valence-corrected chi connectivity index (χ3v) is 1.60. The number of ether oxygens (including phenoxy) is 1. The van der Waals surface area contributed by atoms with Gasteiger partial charge in [0.1, 0.15) is 6.10 Å². The van der Waals surface area contributed by atoms with E-state index in [1.165, 1.54) is 0 Å². The van der Waals surface area contributed by atoms with Gasteiger partial charge in [-0.1, -0.05) is 0 Å². The smallest absolute Gasteiger partial charge is 0.266 e. The van der Waals surface area contributed by atoms with E-state index in [4.69, 9.17) is 16.3 Å². The van der Waals surface area contributed by atoms with Gasteiger partial charge in [0.15, 0.2) is 0 Å². The second-order valence-electron chi connectivity index (χ2n) is 2.56. The minimum atomic E-state index is -0.791. The molecular weight excluding hydrogens is 162 g/mol. The van der Waals surface area contributed by atoms with Crippen molar-refractivity contribution in [1.82, 2.24) is 5.01 Å². The summed E-state index contributed by atoms with van der Waals surface area (Å²) in [5, 5.41) is 1.04. The van der Waals surface area contributed by atoms with Gasteiger partial charge in [-0.05, 0) is 0 Å². The lowest BCUT2D eigenvalue weighted by Crippen LogP contribution is -2.52. The first-order valence-electron chi connectivity index (χ1n) is 3.57. The second-order valence-corrected chi connectivity index (χ2v) is 2.56. The van der Waals surface area contributed by atoms with Crippen LogP contribution < -0.4 is 11.6 Å². The van der Waals surface area contributed by atoms with E-state index in [0.29, 0.717) is 13.2 Å². The molecule has 12 heavy (non-hydrogen) atoms. The number of hydrazine groups is 1. The normalized spacial score (nSPS) is 24.2. The molecule has 1 aliphatic rings. The van der Waals surface area contributed by atoms with E-state index in [1.54, 1.807) is 0 Å². The number of hydrogen-bond acceptors (Lipinski definition) is 4. The highest BCUT2D eigenvalue weighted by atomic mass is 16.5. The third-order valence-electron chi connectivity index (χ3n) is 1.60. The van der Waals surface area contributed by atoms with Crippen molar-refractivity contribution in [3.05, 3.63) is 0 Å². The van der Waals surface area contributed by atoms with Crippen LogP contribution in [0.5, 0.6) is 0 Å². The number of amides is 2. The summed E-state index contributed by atoms with van der Waals surface area (Å²) in [6.07, 6.45) is -0.895. The van der Waals surface area contributed by atoms with Gasteiger partial charge in [0, 0.05) is 0 Å². The van der Waals surface area contributed by atoms with Gasteiger partial charge in [0.05, 0.1) is 19.6 Å². The lowest BCUT2D eigenvalue weighted by molar-refractivity contribution is -0.155. The van der Waals surface area contributed by atoms with Crippen LogP contribution in [0.4, 0.5) is 0 Å². The maximum absolute atomic E-state index is 11.1. The Morgan fingerprint density at radius 1 is 1.75 bits per heavy atom. The van der Waals surface area contributed by atoms with Crippen LogP contribution in [-0.4, -0.2) is 36.1 Å². The van der Waals surface area contributed by atoms with Gasteiger partial charge in [-0.2, -0.15) is 0 Å². The Kier molecular flexibility index (Phi) is 2.61. The Labute approximate surface area is 69.4 Å². The molecule has 1 aliphatic heterocycles. The highest BCUT2D eigenvalue weighted by Gasteiger charge is 2.28. The zero-order valence-corrected chi connectivity index (χ0v) is 6.53. The summed E-state index contributed by atoms with van der Waals surface area (Å²) in [7, 11) is 0. The average molecular weight is 173 g/mol. The molecule has 1 atom stereocenters.